The molecule has 2 aliphatic rings. The Hall–Kier alpha value is -1.68. The summed E-state index contributed by atoms with van der Waals surface area (Å²) >= 11 is 0. The molecule has 22 heavy (non-hydrogen) atoms. The van der Waals surface area contributed by atoms with Gasteiger partial charge in [-0.05, 0) is 49.7 Å². The zero-order chi connectivity index (χ0) is 15.4. The molecule has 0 aliphatic carbocycles. The van der Waals surface area contributed by atoms with E-state index in [1.807, 2.05) is 18.5 Å². The Labute approximate surface area is 131 Å². The average Bonchev–Trinajstić information content (AvgIpc) is 3.12. The first-order valence-corrected chi connectivity index (χ1v) is 8.18. The maximum Gasteiger partial charge on any atom is 0.303 e. The van der Waals surface area contributed by atoms with Gasteiger partial charge in [-0.25, -0.2) is 0 Å². The molecule has 2 bridgehead atoms. The molecule has 4 nitrogen and oxygen atoms in total. The van der Waals surface area contributed by atoms with Gasteiger partial charge in [0.2, 0.25) is 0 Å². The van der Waals surface area contributed by atoms with E-state index < -0.39 is 5.97 Å². The van der Waals surface area contributed by atoms with Crippen molar-refractivity contribution in [1.82, 2.24) is 4.98 Å². The summed E-state index contributed by atoms with van der Waals surface area (Å²) in [5.41, 5.74) is 1.29. The molecule has 2 saturated heterocycles. The van der Waals surface area contributed by atoms with Gasteiger partial charge in [0, 0.05) is 24.7 Å². The fourth-order valence-electron chi connectivity index (χ4n) is 3.85. The lowest BCUT2D eigenvalue weighted by Gasteiger charge is -2.27. The Balaban J connectivity index is 1.57. The standard InChI is InChI=1S/C18H23NO3/c20-17(21)8-4-2-1-3-7-14-15-9-10-16(22-15)18(14)13-6-5-11-19-12-13/h1,3,5-6,11-12,14-16,18H,2,4,7-10H2,(H,20,21)/b3-1-/t14-,15?,16?,18?/m1/s1. The number of carbonyl (C=O) groups is 1. The number of carboxylic acids is 1. The number of aromatic nitrogens is 1. The van der Waals surface area contributed by atoms with Crippen LogP contribution in [0.3, 0.4) is 0 Å². The molecule has 4 atom stereocenters. The maximum atomic E-state index is 10.5. The van der Waals surface area contributed by atoms with E-state index >= 15 is 0 Å². The highest BCUT2D eigenvalue weighted by Gasteiger charge is 2.48. The normalized spacial score (nSPS) is 30.2. The van der Waals surface area contributed by atoms with Crippen LogP contribution < -0.4 is 0 Å². The Morgan fingerprint density at radius 2 is 2.23 bits per heavy atom. The van der Waals surface area contributed by atoms with Crippen molar-refractivity contribution in [2.45, 2.75) is 56.7 Å². The summed E-state index contributed by atoms with van der Waals surface area (Å²) in [7, 11) is 0. The van der Waals surface area contributed by atoms with E-state index in [1.54, 1.807) is 0 Å². The molecule has 0 aromatic carbocycles. The minimum atomic E-state index is -0.716. The topological polar surface area (TPSA) is 59.4 Å². The number of carboxylic acid groups (broad SMARTS) is 1. The van der Waals surface area contributed by atoms with E-state index in [0.717, 1.165) is 19.3 Å². The smallest absolute Gasteiger partial charge is 0.303 e. The molecule has 118 valence electrons. The van der Waals surface area contributed by atoms with E-state index in [9.17, 15) is 4.79 Å². The predicted molar refractivity (Wildman–Crippen MR) is 83.6 cm³/mol. The molecule has 4 heteroatoms. The SMILES string of the molecule is O=C(O)CCC/C=C\C[C@@H]1C2CCC(O2)C1c1cccnc1. The number of ether oxygens (including phenoxy) is 1. The predicted octanol–water partition coefficient (Wildman–Crippen LogP) is 3.54. The first-order valence-electron chi connectivity index (χ1n) is 8.18. The van der Waals surface area contributed by atoms with Crippen LogP contribution in [-0.4, -0.2) is 28.3 Å². The monoisotopic (exact) mass is 301 g/mol. The summed E-state index contributed by atoms with van der Waals surface area (Å²) in [5.74, 6) is 0.265. The Morgan fingerprint density at radius 3 is 3.00 bits per heavy atom. The zero-order valence-electron chi connectivity index (χ0n) is 12.7. The van der Waals surface area contributed by atoms with Crippen molar-refractivity contribution in [2.75, 3.05) is 0 Å². The van der Waals surface area contributed by atoms with Gasteiger partial charge in [-0.15, -0.1) is 0 Å². The molecule has 0 spiro atoms. The van der Waals surface area contributed by atoms with Crippen LogP contribution in [0.5, 0.6) is 0 Å². The highest BCUT2D eigenvalue weighted by molar-refractivity contribution is 5.66. The second-order valence-electron chi connectivity index (χ2n) is 6.26. The van der Waals surface area contributed by atoms with Gasteiger partial charge in [0.1, 0.15) is 0 Å². The van der Waals surface area contributed by atoms with Crippen molar-refractivity contribution in [3.63, 3.8) is 0 Å². The molecule has 1 aromatic rings. The highest BCUT2D eigenvalue weighted by atomic mass is 16.5. The number of pyridine rings is 1. The maximum absolute atomic E-state index is 10.5. The number of unbranched alkanes of at least 4 members (excludes halogenated alkanes) is 1. The van der Waals surface area contributed by atoms with Crippen molar-refractivity contribution in [2.24, 2.45) is 5.92 Å². The summed E-state index contributed by atoms with van der Waals surface area (Å²) in [6.45, 7) is 0. The van der Waals surface area contributed by atoms with Crippen LogP contribution in [0.25, 0.3) is 0 Å². The van der Waals surface area contributed by atoms with Crippen LogP contribution in [0, 0.1) is 5.92 Å². The summed E-state index contributed by atoms with van der Waals surface area (Å²) in [5, 5.41) is 8.63. The molecule has 0 radical (unpaired) electrons. The van der Waals surface area contributed by atoms with E-state index in [1.165, 1.54) is 12.0 Å². The Kier molecular flexibility index (Phi) is 4.88. The van der Waals surface area contributed by atoms with Crippen LogP contribution in [0.4, 0.5) is 0 Å². The van der Waals surface area contributed by atoms with E-state index in [4.69, 9.17) is 9.84 Å². The summed E-state index contributed by atoms with van der Waals surface area (Å²) in [4.78, 5) is 14.7. The number of rotatable bonds is 7. The number of nitrogens with zero attached hydrogens (tertiary/aromatic N) is 1. The van der Waals surface area contributed by atoms with E-state index in [-0.39, 0.29) is 6.42 Å². The molecular weight excluding hydrogens is 278 g/mol. The second-order valence-corrected chi connectivity index (χ2v) is 6.26. The Morgan fingerprint density at radius 1 is 1.36 bits per heavy atom. The van der Waals surface area contributed by atoms with E-state index in [2.05, 4.69) is 23.2 Å². The molecule has 3 unspecified atom stereocenters. The van der Waals surface area contributed by atoms with Gasteiger partial charge >= 0.3 is 5.97 Å². The fraction of sp³-hybridized carbons (Fsp3) is 0.556. The van der Waals surface area contributed by atoms with Gasteiger partial charge < -0.3 is 9.84 Å². The molecule has 3 rings (SSSR count). The van der Waals surface area contributed by atoms with Gasteiger partial charge in [-0.2, -0.15) is 0 Å². The lowest BCUT2D eigenvalue weighted by Crippen LogP contribution is -2.25. The fourth-order valence-corrected chi connectivity index (χ4v) is 3.85. The van der Waals surface area contributed by atoms with Gasteiger partial charge in [0.25, 0.3) is 0 Å². The molecule has 2 fully saturated rings. The average molecular weight is 301 g/mol. The largest absolute Gasteiger partial charge is 0.481 e. The van der Waals surface area contributed by atoms with Gasteiger partial charge in [0.05, 0.1) is 12.2 Å². The molecule has 1 N–H and O–H groups in total. The minimum absolute atomic E-state index is 0.250. The highest BCUT2D eigenvalue weighted by Crippen LogP contribution is 2.50. The number of aliphatic carboxylic acids is 1. The van der Waals surface area contributed by atoms with Crippen LogP contribution in [0.15, 0.2) is 36.7 Å². The summed E-state index contributed by atoms with van der Waals surface area (Å²) in [6.07, 6.45) is 14.0. The number of hydrogen-bond donors (Lipinski definition) is 1. The number of allylic oxidation sites excluding steroid dienone is 2. The van der Waals surface area contributed by atoms with Gasteiger partial charge in [0.15, 0.2) is 0 Å². The molecule has 0 saturated carbocycles. The first-order chi connectivity index (χ1) is 10.8. The number of hydrogen-bond acceptors (Lipinski definition) is 3. The third-order valence-electron chi connectivity index (χ3n) is 4.83. The number of fused-ring (bicyclic) bond motifs is 2. The third-order valence-corrected chi connectivity index (χ3v) is 4.83. The van der Waals surface area contributed by atoms with E-state index in [0.29, 0.717) is 30.5 Å². The van der Waals surface area contributed by atoms with Gasteiger partial charge in [-0.3, -0.25) is 9.78 Å². The molecular formula is C18H23NO3. The van der Waals surface area contributed by atoms with Crippen molar-refractivity contribution < 1.29 is 14.6 Å². The molecule has 1 aromatic heterocycles. The van der Waals surface area contributed by atoms with Crippen molar-refractivity contribution in [3.8, 4) is 0 Å². The molecule has 0 amide bonds. The second kappa shape index (κ2) is 7.05. The zero-order valence-corrected chi connectivity index (χ0v) is 12.7. The lowest BCUT2D eigenvalue weighted by molar-refractivity contribution is -0.137. The molecule has 2 aliphatic heterocycles. The van der Waals surface area contributed by atoms with Crippen LogP contribution in [0.1, 0.15) is 50.0 Å². The van der Waals surface area contributed by atoms with Crippen molar-refractivity contribution >= 4 is 5.97 Å². The van der Waals surface area contributed by atoms with Gasteiger partial charge in [-0.1, -0.05) is 18.2 Å². The van der Waals surface area contributed by atoms with Crippen LogP contribution >= 0.6 is 0 Å². The lowest BCUT2D eigenvalue weighted by atomic mass is 9.74. The van der Waals surface area contributed by atoms with Crippen molar-refractivity contribution in [1.29, 1.82) is 0 Å². The Bertz CT molecular complexity index is 528. The van der Waals surface area contributed by atoms with Crippen molar-refractivity contribution in [3.05, 3.63) is 42.2 Å². The third kappa shape index (κ3) is 3.38. The quantitative estimate of drug-likeness (QED) is 0.618. The minimum Gasteiger partial charge on any atom is -0.481 e. The summed E-state index contributed by atoms with van der Waals surface area (Å²) < 4.78 is 6.12. The van der Waals surface area contributed by atoms with Crippen LogP contribution in [0.2, 0.25) is 0 Å². The molecule has 3 heterocycles. The summed E-state index contributed by atoms with van der Waals surface area (Å²) in [6, 6.07) is 4.16. The first kappa shape index (κ1) is 15.2. The van der Waals surface area contributed by atoms with Crippen LogP contribution in [-0.2, 0) is 9.53 Å².